The van der Waals surface area contributed by atoms with Gasteiger partial charge in [0.25, 0.3) is 0 Å². The Morgan fingerprint density at radius 2 is 1.15 bits per heavy atom. The van der Waals surface area contributed by atoms with E-state index in [0.29, 0.717) is 23.7 Å². The molecule has 0 aliphatic heterocycles. The van der Waals surface area contributed by atoms with Crippen LogP contribution in [0.15, 0.2) is 70.7 Å². The molecule has 2 heteroatoms. The predicted molar refractivity (Wildman–Crippen MR) is 151 cm³/mol. The Morgan fingerprint density at radius 1 is 0.676 bits per heavy atom. The molecule has 1 aliphatic carbocycles. The fourth-order valence-corrected chi connectivity index (χ4v) is 4.58. The average molecular weight is 455 g/mol. The van der Waals surface area contributed by atoms with Crippen LogP contribution in [0.5, 0.6) is 0 Å². The van der Waals surface area contributed by atoms with Gasteiger partial charge in [0.2, 0.25) is 0 Å². The lowest BCUT2D eigenvalue weighted by atomic mass is 9.91. The molecule has 0 bridgehead atoms. The van der Waals surface area contributed by atoms with Gasteiger partial charge in [-0.05, 0) is 58.4 Å². The SMILES string of the molecule is CC(C)c1cccc(C(C)C)c1N=CCC1C=CC=CC1=Nc1c(C(C)C)cccc1C(C)C. The van der Waals surface area contributed by atoms with Gasteiger partial charge in [-0.15, -0.1) is 0 Å². The zero-order valence-corrected chi connectivity index (χ0v) is 22.3. The van der Waals surface area contributed by atoms with E-state index >= 15 is 0 Å². The monoisotopic (exact) mass is 454 g/mol. The van der Waals surface area contributed by atoms with Crippen LogP contribution in [0.1, 0.15) is 108 Å². The summed E-state index contributed by atoms with van der Waals surface area (Å²) < 4.78 is 0. The van der Waals surface area contributed by atoms with E-state index in [4.69, 9.17) is 9.98 Å². The number of rotatable bonds is 8. The van der Waals surface area contributed by atoms with Crippen molar-refractivity contribution in [3.05, 3.63) is 83.0 Å². The van der Waals surface area contributed by atoms with Gasteiger partial charge in [0, 0.05) is 17.8 Å². The first-order valence-electron chi connectivity index (χ1n) is 12.9. The molecule has 180 valence electrons. The standard InChI is InChI=1S/C32H42N2/c1-21(2)26-14-11-15-27(22(3)4)31(26)33-20-19-25-13-9-10-18-30(25)34-32-28(23(5)6)16-12-17-29(32)24(7)8/h9-18,20-25H,19H2,1-8H3. The normalized spacial score (nSPS) is 17.4. The molecule has 0 heterocycles. The zero-order chi connectivity index (χ0) is 24.8. The number of aliphatic imine (C=N–C) groups is 2. The van der Waals surface area contributed by atoms with Crippen molar-refractivity contribution in [1.29, 1.82) is 0 Å². The minimum atomic E-state index is 0.225. The molecule has 0 fully saturated rings. The van der Waals surface area contributed by atoms with Crippen LogP contribution < -0.4 is 0 Å². The fourth-order valence-electron chi connectivity index (χ4n) is 4.58. The lowest BCUT2D eigenvalue weighted by Gasteiger charge is -2.20. The fraction of sp³-hybridized carbons (Fsp3) is 0.438. The number of hydrogen-bond acceptors (Lipinski definition) is 2. The number of hydrogen-bond donors (Lipinski definition) is 0. The topological polar surface area (TPSA) is 24.7 Å². The van der Waals surface area contributed by atoms with E-state index in [1.807, 2.05) is 0 Å². The van der Waals surface area contributed by atoms with Gasteiger partial charge in [-0.2, -0.15) is 0 Å². The number of nitrogens with zero attached hydrogens (tertiary/aromatic N) is 2. The van der Waals surface area contributed by atoms with Crippen LogP contribution in [-0.2, 0) is 0 Å². The molecular weight excluding hydrogens is 412 g/mol. The maximum absolute atomic E-state index is 5.28. The summed E-state index contributed by atoms with van der Waals surface area (Å²) in [5.41, 5.74) is 8.70. The van der Waals surface area contributed by atoms with E-state index in [9.17, 15) is 0 Å². The molecule has 2 aromatic carbocycles. The Morgan fingerprint density at radius 3 is 1.62 bits per heavy atom. The molecule has 0 aromatic heterocycles. The molecule has 0 saturated heterocycles. The molecule has 0 spiro atoms. The van der Waals surface area contributed by atoms with Gasteiger partial charge in [0.05, 0.1) is 11.4 Å². The Hall–Kier alpha value is -2.74. The van der Waals surface area contributed by atoms with Crippen LogP contribution in [0.3, 0.4) is 0 Å². The highest BCUT2D eigenvalue weighted by Crippen LogP contribution is 2.37. The first-order chi connectivity index (χ1) is 16.2. The highest BCUT2D eigenvalue weighted by atomic mass is 14.8. The summed E-state index contributed by atoms with van der Waals surface area (Å²) in [4.78, 5) is 10.3. The first kappa shape index (κ1) is 25.9. The van der Waals surface area contributed by atoms with Crippen LogP contribution in [-0.4, -0.2) is 11.9 Å². The van der Waals surface area contributed by atoms with Crippen LogP contribution in [0.2, 0.25) is 0 Å². The van der Waals surface area contributed by atoms with Crippen molar-refractivity contribution in [3.8, 4) is 0 Å². The summed E-state index contributed by atoms with van der Waals surface area (Å²) in [5, 5.41) is 0. The highest BCUT2D eigenvalue weighted by Gasteiger charge is 2.18. The smallest absolute Gasteiger partial charge is 0.0702 e. The lowest BCUT2D eigenvalue weighted by molar-refractivity contribution is 0.831. The van der Waals surface area contributed by atoms with Crippen molar-refractivity contribution in [3.63, 3.8) is 0 Å². The van der Waals surface area contributed by atoms with Crippen LogP contribution in [0.4, 0.5) is 11.4 Å². The molecule has 2 nitrogen and oxygen atoms in total. The van der Waals surface area contributed by atoms with E-state index in [1.54, 1.807) is 0 Å². The molecule has 34 heavy (non-hydrogen) atoms. The Balaban J connectivity index is 1.95. The lowest BCUT2D eigenvalue weighted by Crippen LogP contribution is -2.13. The van der Waals surface area contributed by atoms with E-state index in [2.05, 4.69) is 122 Å². The highest BCUT2D eigenvalue weighted by molar-refractivity contribution is 6.02. The molecule has 0 radical (unpaired) electrons. The maximum Gasteiger partial charge on any atom is 0.0702 e. The second-order valence-corrected chi connectivity index (χ2v) is 10.6. The van der Waals surface area contributed by atoms with Crippen molar-refractivity contribution in [1.82, 2.24) is 0 Å². The predicted octanol–water partition coefficient (Wildman–Crippen LogP) is 9.79. The van der Waals surface area contributed by atoms with E-state index in [-0.39, 0.29) is 5.92 Å². The van der Waals surface area contributed by atoms with E-state index < -0.39 is 0 Å². The third-order valence-electron chi connectivity index (χ3n) is 6.61. The molecule has 1 atom stereocenters. The first-order valence-corrected chi connectivity index (χ1v) is 12.9. The van der Waals surface area contributed by atoms with Gasteiger partial charge in [-0.1, -0.05) is 110 Å². The average Bonchev–Trinajstić information content (AvgIpc) is 2.79. The van der Waals surface area contributed by atoms with Crippen molar-refractivity contribution in [2.24, 2.45) is 15.9 Å². The molecular formula is C32H42N2. The third-order valence-corrected chi connectivity index (χ3v) is 6.61. The minimum absolute atomic E-state index is 0.225. The quantitative estimate of drug-likeness (QED) is 0.355. The summed E-state index contributed by atoms with van der Waals surface area (Å²) in [7, 11) is 0. The maximum atomic E-state index is 5.28. The van der Waals surface area contributed by atoms with Gasteiger partial charge < -0.3 is 0 Å². The Bertz CT molecular complexity index is 1040. The van der Waals surface area contributed by atoms with Crippen molar-refractivity contribution >= 4 is 23.3 Å². The summed E-state index contributed by atoms with van der Waals surface area (Å²) in [5.74, 6) is 1.99. The molecule has 2 aromatic rings. The molecule has 0 N–H and O–H groups in total. The van der Waals surface area contributed by atoms with Gasteiger partial charge in [0.1, 0.15) is 0 Å². The van der Waals surface area contributed by atoms with Gasteiger partial charge >= 0.3 is 0 Å². The second kappa shape index (κ2) is 11.6. The van der Waals surface area contributed by atoms with Crippen LogP contribution in [0, 0.1) is 5.92 Å². The van der Waals surface area contributed by atoms with Gasteiger partial charge in [-0.3, -0.25) is 9.98 Å². The van der Waals surface area contributed by atoms with E-state index in [0.717, 1.165) is 23.5 Å². The second-order valence-electron chi connectivity index (χ2n) is 10.6. The van der Waals surface area contributed by atoms with Crippen LogP contribution >= 0.6 is 0 Å². The number of para-hydroxylation sites is 2. The Kier molecular flexibility index (Phi) is 8.83. The molecule has 1 unspecified atom stereocenters. The zero-order valence-electron chi connectivity index (χ0n) is 22.3. The molecule has 0 amide bonds. The van der Waals surface area contributed by atoms with Gasteiger partial charge in [0.15, 0.2) is 0 Å². The summed E-state index contributed by atoms with van der Waals surface area (Å²) in [6.07, 6.45) is 11.6. The summed E-state index contributed by atoms with van der Waals surface area (Å²) in [6, 6.07) is 13.2. The number of benzene rings is 2. The third kappa shape index (κ3) is 6.03. The van der Waals surface area contributed by atoms with Crippen LogP contribution in [0.25, 0.3) is 0 Å². The molecule has 0 saturated carbocycles. The Labute approximate surface area is 207 Å². The van der Waals surface area contributed by atoms with Crippen molar-refractivity contribution < 1.29 is 0 Å². The van der Waals surface area contributed by atoms with E-state index in [1.165, 1.54) is 22.3 Å². The molecule has 3 rings (SSSR count). The largest absolute Gasteiger partial charge is 0.261 e. The minimum Gasteiger partial charge on any atom is -0.261 e. The number of allylic oxidation sites excluding steroid dienone is 4. The van der Waals surface area contributed by atoms with Crippen molar-refractivity contribution in [2.75, 3.05) is 0 Å². The van der Waals surface area contributed by atoms with Gasteiger partial charge in [-0.25, -0.2) is 0 Å². The summed E-state index contributed by atoms with van der Waals surface area (Å²) in [6.45, 7) is 18.0. The molecule has 1 aliphatic rings. The van der Waals surface area contributed by atoms with Crippen molar-refractivity contribution in [2.45, 2.75) is 85.5 Å². The summed E-state index contributed by atoms with van der Waals surface area (Å²) >= 11 is 0.